The quantitative estimate of drug-likeness (QED) is 0.701. The van der Waals surface area contributed by atoms with Crippen molar-refractivity contribution in [2.75, 3.05) is 0 Å². The molecule has 0 radical (unpaired) electrons. The SMILES string of the molecule is CCC.Cc1ccc2[nH]c(=O)ccc2c1.[HH]. The molecule has 0 bridgehead atoms. The predicted molar refractivity (Wildman–Crippen MR) is 67.4 cm³/mol. The van der Waals surface area contributed by atoms with Crippen molar-refractivity contribution in [3.05, 3.63) is 46.2 Å². The number of aryl methyl sites for hydroxylation is 1. The van der Waals surface area contributed by atoms with E-state index in [2.05, 4.69) is 18.8 Å². The Morgan fingerprint density at radius 1 is 1.20 bits per heavy atom. The van der Waals surface area contributed by atoms with Crippen LogP contribution in [-0.2, 0) is 0 Å². The minimum atomic E-state index is -0.0497. The first kappa shape index (κ1) is 11.5. The van der Waals surface area contributed by atoms with Crippen LogP contribution in [0.25, 0.3) is 10.9 Å². The van der Waals surface area contributed by atoms with Gasteiger partial charge in [0.1, 0.15) is 0 Å². The van der Waals surface area contributed by atoms with Gasteiger partial charge in [-0.25, -0.2) is 0 Å². The van der Waals surface area contributed by atoms with Crippen molar-refractivity contribution in [2.24, 2.45) is 0 Å². The summed E-state index contributed by atoms with van der Waals surface area (Å²) in [5, 5.41) is 1.08. The summed E-state index contributed by atoms with van der Waals surface area (Å²) >= 11 is 0. The number of fused-ring (bicyclic) bond motifs is 1. The maximum atomic E-state index is 10.9. The van der Waals surface area contributed by atoms with Crippen molar-refractivity contribution in [2.45, 2.75) is 27.2 Å². The van der Waals surface area contributed by atoms with Gasteiger partial charge < -0.3 is 4.98 Å². The summed E-state index contributed by atoms with van der Waals surface area (Å²) in [6.45, 7) is 6.28. The fourth-order valence-electron chi connectivity index (χ4n) is 1.27. The van der Waals surface area contributed by atoms with Gasteiger partial charge in [0, 0.05) is 13.0 Å². The van der Waals surface area contributed by atoms with Crippen LogP contribution in [0, 0.1) is 6.92 Å². The molecule has 1 aromatic heterocycles. The molecule has 2 heteroatoms. The largest absolute Gasteiger partial charge is 0.322 e. The monoisotopic (exact) mass is 205 g/mol. The summed E-state index contributed by atoms with van der Waals surface area (Å²) < 4.78 is 0. The molecular weight excluding hydrogens is 186 g/mol. The van der Waals surface area contributed by atoms with Gasteiger partial charge in [0.05, 0.1) is 0 Å². The molecule has 0 saturated carbocycles. The molecule has 2 rings (SSSR count). The van der Waals surface area contributed by atoms with Crippen molar-refractivity contribution in [3.8, 4) is 0 Å². The predicted octanol–water partition coefficient (Wildman–Crippen LogP) is 3.50. The first-order chi connectivity index (χ1) is 7.17. The van der Waals surface area contributed by atoms with Crippen molar-refractivity contribution in [3.63, 3.8) is 0 Å². The van der Waals surface area contributed by atoms with Gasteiger partial charge in [-0.15, -0.1) is 0 Å². The van der Waals surface area contributed by atoms with Crippen LogP contribution in [0.3, 0.4) is 0 Å². The Morgan fingerprint density at radius 3 is 2.53 bits per heavy atom. The van der Waals surface area contributed by atoms with Crippen LogP contribution in [0.2, 0.25) is 0 Å². The van der Waals surface area contributed by atoms with Crippen LogP contribution in [-0.4, -0.2) is 4.98 Å². The van der Waals surface area contributed by atoms with Gasteiger partial charge in [-0.2, -0.15) is 0 Å². The van der Waals surface area contributed by atoms with E-state index in [1.54, 1.807) is 6.07 Å². The lowest BCUT2D eigenvalue weighted by atomic mass is 10.1. The first-order valence-electron chi connectivity index (χ1n) is 5.27. The van der Waals surface area contributed by atoms with E-state index in [-0.39, 0.29) is 6.99 Å². The standard InChI is InChI=1S/C10H9NO.C3H8.H2/c1-7-2-4-9-8(6-7)3-5-10(12)11-9;1-3-2;/h2-6H,1H3,(H,11,12);3H2,1-2H3;1H. The zero-order valence-corrected chi connectivity index (χ0v) is 9.50. The number of rotatable bonds is 0. The molecule has 0 fully saturated rings. The van der Waals surface area contributed by atoms with E-state index in [1.165, 1.54) is 12.0 Å². The fraction of sp³-hybridized carbons (Fsp3) is 0.308. The lowest BCUT2D eigenvalue weighted by molar-refractivity contribution is 1.09. The molecule has 2 nitrogen and oxygen atoms in total. The van der Waals surface area contributed by atoms with E-state index in [1.807, 2.05) is 31.2 Å². The Bertz CT molecular complexity index is 491. The molecule has 0 unspecified atom stereocenters. The lowest BCUT2D eigenvalue weighted by Crippen LogP contribution is -2.01. The second-order valence-corrected chi connectivity index (χ2v) is 3.62. The summed E-state index contributed by atoms with van der Waals surface area (Å²) in [4.78, 5) is 13.7. The average Bonchev–Trinajstić information content (AvgIpc) is 2.20. The number of hydrogen-bond acceptors (Lipinski definition) is 1. The molecule has 2 aromatic rings. The number of aromatic nitrogens is 1. The highest BCUT2D eigenvalue weighted by atomic mass is 16.1. The summed E-state index contributed by atoms with van der Waals surface area (Å²) in [6, 6.07) is 9.33. The molecule has 1 N–H and O–H groups in total. The molecule has 0 aliphatic heterocycles. The fourth-order valence-corrected chi connectivity index (χ4v) is 1.27. The molecule has 0 atom stereocenters. The molecule has 15 heavy (non-hydrogen) atoms. The molecule has 1 heterocycles. The van der Waals surface area contributed by atoms with E-state index in [9.17, 15) is 4.79 Å². The number of hydrogen-bond donors (Lipinski definition) is 1. The number of nitrogens with one attached hydrogen (secondary N) is 1. The van der Waals surface area contributed by atoms with Crippen molar-refractivity contribution >= 4 is 10.9 Å². The molecule has 0 aliphatic carbocycles. The highest BCUT2D eigenvalue weighted by molar-refractivity contribution is 5.78. The maximum Gasteiger partial charge on any atom is 0.248 e. The second-order valence-electron chi connectivity index (χ2n) is 3.62. The highest BCUT2D eigenvalue weighted by Gasteiger charge is 1.92. The number of pyridine rings is 1. The third kappa shape index (κ3) is 3.24. The zero-order valence-electron chi connectivity index (χ0n) is 9.50. The highest BCUT2D eigenvalue weighted by Crippen LogP contribution is 2.10. The lowest BCUT2D eigenvalue weighted by Gasteiger charge is -1.97. The summed E-state index contributed by atoms with van der Waals surface area (Å²) in [7, 11) is 0. The van der Waals surface area contributed by atoms with Gasteiger partial charge in [-0.1, -0.05) is 31.9 Å². The summed E-state index contributed by atoms with van der Waals surface area (Å²) in [6.07, 6.45) is 1.25. The van der Waals surface area contributed by atoms with Gasteiger partial charge >= 0.3 is 0 Å². The van der Waals surface area contributed by atoms with Crippen LogP contribution in [0.4, 0.5) is 0 Å². The van der Waals surface area contributed by atoms with Gasteiger partial charge in [-0.3, -0.25) is 4.79 Å². The minimum absolute atomic E-state index is 0. The normalized spacial score (nSPS) is 9.53. The molecule has 1 aromatic carbocycles. The third-order valence-corrected chi connectivity index (χ3v) is 1.88. The van der Waals surface area contributed by atoms with Gasteiger partial charge in [0.15, 0.2) is 0 Å². The van der Waals surface area contributed by atoms with Gasteiger partial charge in [-0.05, 0) is 30.5 Å². The van der Waals surface area contributed by atoms with E-state index in [0.29, 0.717) is 0 Å². The van der Waals surface area contributed by atoms with Crippen molar-refractivity contribution in [1.82, 2.24) is 4.98 Å². The average molecular weight is 205 g/mol. The van der Waals surface area contributed by atoms with Crippen LogP contribution < -0.4 is 5.56 Å². The summed E-state index contributed by atoms with van der Waals surface area (Å²) in [5.41, 5.74) is 2.05. The number of benzene rings is 1. The molecule has 0 amide bonds. The van der Waals surface area contributed by atoms with E-state index in [0.717, 1.165) is 10.9 Å². The number of aromatic amines is 1. The molecule has 0 aliphatic rings. The molecule has 82 valence electrons. The Morgan fingerprint density at radius 2 is 1.87 bits per heavy atom. The summed E-state index contributed by atoms with van der Waals surface area (Å²) in [5.74, 6) is 0. The Kier molecular flexibility index (Phi) is 4.10. The Labute approximate surface area is 91.4 Å². The van der Waals surface area contributed by atoms with Gasteiger partial charge in [0.25, 0.3) is 0 Å². The van der Waals surface area contributed by atoms with Crippen LogP contribution >= 0.6 is 0 Å². The van der Waals surface area contributed by atoms with E-state index >= 15 is 0 Å². The van der Waals surface area contributed by atoms with Crippen molar-refractivity contribution in [1.29, 1.82) is 0 Å². The topological polar surface area (TPSA) is 32.9 Å². The zero-order chi connectivity index (χ0) is 11.3. The Hall–Kier alpha value is -1.57. The second kappa shape index (κ2) is 5.35. The van der Waals surface area contributed by atoms with Crippen LogP contribution in [0.1, 0.15) is 27.3 Å². The third-order valence-electron chi connectivity index (χ3n) is 1.88. The number of H-pyrrole nitrogens is 1. The maximum absolute atomic E-state index is 10.9. The van der Waals surface area contributed by atoms with Crippen LogP contribution in [0.5, 0.6) is 0 Å². The Balaban J connectivity index is 0.000000511. The minimum Gasteiger partial charge on any atom is -0.322 e. The van der Waals surface area contributed by atoms with E-state index in [4.69, 9.17) is 0 Å². The van der Waals surface area contributed by atoms with E-state index < -0.39 is 0 Å². The smallest absolute Gasteiger partial charge is 0.248 e. The molecular formula is C13H19NO. The van der Waals surface area contributed by atoms with Crippen molar-refractivity contribution < 1.29 is 1.43 Å². The van der Waals surface area contributed by atoms with Gasteiger partial charge in [0.2, 0.25) is 5.56 Å². The van der Waals surface area contributed by atoms with Crippen LogP contribution in [0.15, 0.2) is 35.1 Å². The first-order valence-corrected chi connectivity index (χ1v) is 5.27. The molecule has 0 spiro atoms. The molecule has 0 saturated heterocycles.